The van der Waals surface area contributed by atoms with Crippen molar-refractivity contribution in [3.8, 4) is 0 Å². The molecule has 0 aliphatic heterocycles. The quantitative estimate of drug-likeness (QED) is 0.572. The molecule has 0 spiro atoms. The van der Waals surface area contributed by atoms with Crippen molar-refractivity contribution < 1.29 is 4.79 Å². The first kappa shape index (κ1) is 12.4. The van der Waals surface area contributed by atoms with Gasteiger partial charge in [-0.25, -0.2) is 4.98 Å². The van der Waals surface area contributed by atoms with Crippen LogP contribution in [-0.4, -0.2) is 15.3 Å². The zero-order valence-corrected chi connectivity index (χ0v) is 11.4. The highest BCUT2D eigenvalue weighted by atomic mass is 16.1. The van der Waals surface area contributed by atoms with Crippen molar-refractivity contribution >= 4 is 22.5 Å². The molecular weight excluding hydrogens is 250 g/mol. The Morgan fingerprint density at radius 2 is 1.90 bits per heavy atom. The molecule has 2 aromatic carbocycles. The fourth-order valence-corrected chi connectivity index (χ4v) is 2.31. The SMILES string of the molecule is Cc1nc2cc(C(=O)c3cccc(N)c3)ccc2n1C. The lowest BCUT2D eigenvalue weighted by atomic mass is 10.0. The Bertz CT molecular complexity index is 818. The number of carbonyl (C=O) groups excluding carboxylic acids is 1. The minimum Gasteiger partial charge on any atom is -0.399 e. The fourth-order valence-electron chi connectivity index (χ4n) is 2.31. The summed E-state index contributed by atoms with van der Waals surface area (Å²) in [4.78, 5) is 16.9. The summed E-state index contributed by atoms with van der Waals surface area (Å²) in [6.07, 6.45) is 0. The topological polar surface area (TPSA) is 60.9 Å². The monoisotopic (exact) mass is 265 g/mol. The van der Waals surface area contributed by atoms with Gasteiger partial charge < -0.3 is 10.3 Å². The van der Waals surface area contributed by atoms with Crippen LogP contribution in [0.5, 0.6) is 0 Å². The predicted octanol–water partition coefficient (Wildman–Crippen LogP) is 2.69. The zero-order valence-electron chi connectivity index (χ0n) is 11.4. The maximum atomic E-state index is 12.4. The van der Waals surface area contributed by atoms with Crippen LogP contribution >= 0.6 is 0 Å². The number of ketones is 1. The Morgan fingerprint density at radius 1 is 1.15 bits per heavy atom. The second kappa shape index (κ2) is 4.49. The third-order valence-electron chi connectivity index (χ3n) is 3.52. The number of fused-ring (bicyclic) bond motifs is 1. The molecule has 0 aliphatic carbocycles. The van der Waals surface area contributed by atoms with Gasteiger partial charge in [-0.1, -0.05) is 12.1 Å². The summed E-state index contributed by atoms with van der Waals surface area (Å²) in [5, 5.41) is 0. The van der Waals surface area contributed by atoms with E-state index in [9.17, 15) is 4.79 Å². The summed E-state index contributed by atoms with van der Waals surface area (Å²) in [6, 6.07) is 12.6. The molecule has 0 fully saturated rings. The number of carbonyl (C=O) groups is 1. The fraction of sp³-hybridized carbons (Fsp3) is 0.125. The standard InChI is InChI=1S/C16H15N3O/c1-10-18-14-9-12(6-7-15(14)19(10)2)16(20)11-4-3-5-13(17)8-11/h3-9H,17H2,1-2H3. The first-order valence-electron chi connectivity index (χ1n) is 6.39. The van der Waals surface area contributed by atoms with E-state index in [-0.39, 0.29) is 5.78 Å². The van der Waals surface area contributed by atoms with Gasteiger partial charge in [0.1, 0.15) is 5.82 Å². The van der Waals surface area contributed by atoms with Crippen molar-refractivity contribution in [3.63, 3.8) is 0 Å². The van der Waals surface area contributed by atoms with Gasteiger partial charge in [0.05, 0.1) is 11.0 Å². The van der Waals surface area contributed by atoms with E-state index >= 15 is 0 Å². The highest BCUT2D eigenvalue weighted by Gasteiger charge is 2.12. The molecule has 0 bridgehead atoms. The molecule has 0 amide bonds. The van der Waals surface area contributed by atoms with Crippen molar-refractivity contribution in [3.05, 3.63) is 59.4 Å². The maximum absolute atomic E-state index is 12.4. The third kappa shape index (κ3) is 1.95. The molecule has 100 valence electrons. The average Bonchev–Trinajstić information content (AvgIpc) is 2.73. The smallest absolute Gasteiger partial charge is 0.193 e. The van der Waals surface area contributed by atoms with Crippen molar-refractivity contribution in [2.24, 2.45) is 7.05 Å². The summed E-state index contributed by atoms with van der Waals surface area (Å²) in [5.74, 6) is 0.885. The molecule has 1 heterocycles. The van der Waals surface area contributed by atoms with E-state index in [0.717, 1.165) is 16.9 Å². The number of benzene rings is 2. The lowest BCUT2D eigenvalue weighted by Crippen LogP contribution is -2.02. The number of imidazole rings is 1. The number of nitrogen functional groups attached to an aromatic ring is 1. The van der Waals surface area contributed by atoms with Gasteiger partial charge in [-0.3, -0.25) is 4.79 Å². The van der Waals surface area contributed by atoms with Gasteiger partial charge in [-0.2, -0.15) is 0 Å². The molecule has 4 heteroatoms. The highest BCUT2D eigenvalue weighted by Crippen LogP contribution is 2.19. The molecule has 0 radical (unpaired) electrons. The summed E-state index contributed by atoms with van der Waals surface area (Å²) in [5.41, 5.74) is 9.38. The predicted molar refractivity (Wildman–Crippen MR) is 79.7 cm³/mol. The van der Waals surface area contributed by atoms with Gasteiger partial charge in [0, 0.05) is 23.9 Å². The van der Waals surface area contributed by atoms with Gasteiger partial charge in [-0.15, -0.1) is 0 Å². The van der Waals surface area contributed by atoms with Gasteiger partial charge in [-0.05, 0) is 37.3 Å². The number of hydrogen-bond donors (Lipinski definition) is 1. The molecule has 2 N–H and O–H groups in total. The summed E-state index contributed by atoms with van der Waals surface area (Å²) >= 11 is 0. The first-order valence-corrected chi connectivity index (χ1v) is 6.39. The van der Waals surface area contributed by atoms with Crippen LogP contribution in [0.2, 0.25) is 0 Å². The van der Waals surface area contributed by atoms with Crippen LogP contribution in [0, 0.1) is 6.92 Å². The second-order valence-electron chi connectivity index (χ2n) is 4.88. The Morgan fingerprint density at radius 3 is 2.65 bits per heavy atom. The average molecular weight is 265 g/mol. The molecule has 20 heavy (non-hydrogen) atoms. The van der Waals surface area contributed by atoms with E-state index in [1.165, 1.54) is 0 Å². The third-order valence-corrected chi connectivity index (χ3v) is 3.52. The summed E-state index contributed by atoms with van der Waals surface area (Å²) < 4.78 is 2.00. The van der Waals surface area contributed by atoms with E-state index in [2.05, 4.69) is 4.98 Å². The van der Waals surface area contributed by atoms with Crippen molar-refractivity contribution in [1.29, 1.82) is 0 Å². The second-order valence-corrected chi connectivity index (χ2v) is 4.88. The number of nitrogens with two attached hydrogens (primary N) is 1. The van der Waals surface area contributed by atoms with Crippen LogP contribution in [-0.2, 0) is 7.05 Å². The molecule has 0 saturated carbocycles. The van der Waals surface area contributed by atoms with Gasteiger partial charge in [0.15, 0.2) is 5.78 Å². The number of aryl methyl sites for hydroxylation is 2. The van der Waals surface area contributed by atoms with Crippen LogP contribution in [0.4, 0.5) is 5.69 Å². The Balaban J connectivity index is 2.08. The van der Waals surface area contributed by atoms with Crippen LogP contribution in [0.15, 0.2) is 42.5 Å². The minimum atomic E-state index is -0.0393. The van der Waals surface area contributed by atoms with Gasteiger partial charge in [0.25, 0.3) is 0 Å². The summed E-state index contributed by atoms with van der Waals surface area (Å²) in [7, 11) is 1.96. The lowest BCUT2D eigenvalue weighted by molar-refractivity contribution is 0.103. The van der Waals surface area contributed by atoms with Crippen LogP contribution in [0.3, 0.4) is 0 Å². The van der Waals surface area contributed by atoms with Crippen LogP contribution in [0.25, 0.3) is 11.0 Å². The number of aromatic nitrogens is 2. The molecule has 0 unspecified atom stereocenters. The van der Waals surface area contributed by atoms with E-state index in [1.807, 2.05) is 36.7 Å². The van der Waals surface area contributed by atoms with E-state index < -0.39 is 0 Å². The van der Waals surface area contributed by atoms with Crippen molar-refractivity contribution in [2.75, 3.05) is 5.73 Å². The van der Waals surface area contributed by atoms with E-state index in [4.69, 9.17) is 5.73 Å². The zero-order chi connectivity index (χ0) is 14.3. The molecule has 0 saturated heterocycles. The first-order chi connectivity index (χ1) is 9.56. The normalized spacial score (nSPS) is 10.9. The molecular formula is C16H15N3O. The lowest BCUT2D eigenvalue weighted by Gasteiger charge is -2.03. The largest absolute Gasteiger partial charge is 0.399 e. The number of rotatable bonds is 2. The molecule has 1 aromatic heterocycles. The number of nitrogens with zero attached hydrogens (tertiary/aromatic N) is 2. The Kier molecular flexibility index (Phi) is 2.79. The molecule has 3 aromatic rings. The Hall–Kier alpha value is -2.62. The van der Waals surface area contributed by atoms with Crippen molar-refractivity contribution in [2.45, 2.75) is 6.92 Å². The highest BCUT2D eigenvalue weighted by molar-refractivity contribution is 6.10. The molecule has 4 nitrogen and oxygen atoms in total. The van der Waals surface area contributed by atoms with Gasteiger partial charge >= 0.3 is 0 Å². The molecule has 3 rings (SSSR count). The summed E-state index contributed by atoms with van der Waals surface area (Å²) in [6.45, 7) is 1.94. The van der Waals surface area contributed by atoms with Crippen LogP contribution < -0.4 is 5.73 Å². The van der Waals surface area contributed by atoms with E-state index in [1.54, 1.807) is 24.3 Å². The van der Waals surface area contributed by atoms with Crippen molar-refractivity contribution in [1.82, 2.24) is 9.55 Å². The minimum absolute atomic E-state index is 0.0393. The number of anilines is 1. The molecule has 0 aliphatic rings. The molecule has 0 atom stereocenters. The Labute approximate surface area is 116 Å². The number of hydrogen-bond acceptors (Lipinski definition) is 3. The maximum Gasteiger partial charge on any atom is 0.193 e. The van der Waals surface area contributed by atoms with Gasteiger partial charge in [0.2, 0.25) is 0 Å². The van der Waals surface area contributed by atoms with E-state index in [0.29, 0.717) is 16.8 Å². The van der Waals surface area contributed by atoms with Crippen LogP contribution in [0.1, 0.15) is 21.7 Å².